The molecule has 1 aliphatic heterocycles. The molecule has 0 saturated carbocycles. The van der Waals surface area contributed by atoms with E-state index >= 15 is 0 Å². The van der Waals surface area contributed by atoms with Gasteiger partial charge in [0.2, 0.25) is 5.91 Å². The maximum Gasteiger partial charge on any atom is 0.410 e. The van der Waals surface area contributed by atoms with E-state index in [-0.39, 0.29) is 18.4 Å². The van der Waals surface area contributed by atoms with Crippen molar-refractivity contribution < 1.29 is 19.1 Å². The van der Waals surface area contributed by atoms with Crippen molar-refractivity contribution in [2.45, 2.75) is 25.5 Å². The van der Waals surface area contributed by atoms with Gasteiger partial charge in [0.05, 0.1) is 5.69 Å². The Balaban J connectivity index is 1.36. The fourth-order valence-corrected chi connectivity index (χ4v) is 4.37. The van der Waals surface area contributed by atoms with Gasteiger partial charge < -0.3 is 15.4 Å². The minimum atomic E-state index is -0.590. The highest BCUT2D eigenvalue weighted by atomic mass is 32.1. The topological polar surface area (TPSA) is 101 Å². The Bertz CT molecular complexity index is 1130. The number of thiazole rings is 1. The van der Waals surface area contributed by atoms with Crippen molar-refractivity contribution in [1.29, 1.82) is 0 Å². The summed E-state index contributed by atoms with van der Waals surface area (Å²) >= 11 is 1.31. The monoisotopic (exact) mass is 464 g/mol. The molecule has 9 heteroatoms. The maximum atomic E-state index is 12.9. The lowest BCUT2D eigenvalue weighted by molar-refractivity contribution is -0.120. The molecule has 4 rings (SSSR count). The van der Waals surface area contributed by atoms with Crippen LogP contribution < -0.4 is 10.6 Å². The molecule has 0 radical (unpaired) electrons. The summed E-state index contributed by atoms with van der Waals surface area (Å²) in [6.07, 6.45) is 0.817. The van der Waals surface area contributed by atoms with Crippen LogP contribution >= 0.6 is 11.3 Å². The Morgan fingerprint density at radius 1 is 1.12 bits per heavy atom. The Kier molecular flexibility index (Phi) is 6.99. The number of ether oxygens (including phenoxy) is 1. The zero-order chi connectivity index (χ0) is 23.2. The second-order valence-corrected chi connectivity index (χ2v) is 8.43. The van der Waals surface area contributed by atoms with Crippen LogP contribution in [0.1, 0.15) is 28.8 Å². The predicted octanol–water partition coefficient (Wildman–Crippen LogP) is 3.91. The fraction of sp³-hybridized carbons (Fsp3) is 0.250. The molecule has 1 fully saturated rings. The smallest absolute Gasteiger partial charge is 0.410 e. The summed E-state index contributed by atoms with van der Waals surface area (Å²) in [4.78, 5) is 43.1. The van der Waals surface area contributed by atoms with Gasteiger partial charge in [-0.05, 0) is 30.5 Å². The number of anilines is 1. The van der Waals surface area contributed by atoms with Gasteiger partial charge in [-0.3, -0.25) is 14.5 Å². The van der Waals surface area contributed by atoms with E-state index in [9.17, 15) is 14.4 Å². The molecule has 2 heterocycles. The van der Waals surface area contributed by atoms with Gasteiger partial charge in [-0.25, -0.2) is 9.78 Å². The molecule has 33 heavy (non-hydrogen) atoms. The van der Waals surface area contributed by atoms with E-state index in [1.54, 1.807) is 19.2 Å². The Hall–Kier alpha value is -3.72. The number of carbonyl (C=O) groups excluding carboxylic acids is 3. The summed E-state index contributed by atoms with van der Waals surface area (Å²) in [7, 11) is 1.58. The molecule has 0 bridgehead atoms. The SMILES string of the molecule is CNC(=O)c1ccc(-c2csc(NC(=O)C3CCCN3C(=O)OCc3ccccc3)n2)cc1. The largest absolute Gasteiger partial charge is 0.445 e. The van der Waals surface area contributed by atoms with Crippen molar-refractivity contribution >= 4 is 34.4 Å². The molecule has 1 saturated heterocycles. The molecule has 170 valence electrons. The van der Waals surface area contributed by atoms with Crippen LogP contribution in [0.15, 0.2) is 60.0 Å². The first-order valence-corrected chi connectivity index (χ1v) is 11.5. The van der Waals surface area contributed by atoms with Gasteiger partial charge in [0, 0.05) is 30.1 Å². The van der Waals surface area contributed by atoms with Crippen LogP contribution in [0.3, 0.4) is 0 Å². The Labute approximate surface area is 195 Å². The van der Waals surface area contributed by atoms with Crippen molar-refractivity contribution in [3.05, 3.63) is 71.1 Å². The lowest BCUT2D eigenvalue weighted by Crippen LogP contribution is -2.43. The minimum Gasteiger partial charge on any atom is -0.445 e. The molecule has 1 unspecified atom stereocenters. The number of benzene rings is 2. The van der Waals surface area contributed by atoms with Gasteiger partial charge in [-0.1, -0.05) is 42.5 Å². The van der Waals surface area contributed by atoms with Crippen molar-refractivity contribution in [3.8, 4) is 11.3 Å². The van der Waals surface area contributed by atoms with Crippen LogP contribution in [0.5, 0.6) is 0 Å². The molecule has 1 atom stereocenters. The molecule has 1 aromatic heterocycles. The standard InChI is InChI=1S/C24H24N4O4S/c1-25-21(29)18-11-9-17(10-12-18)19-15-33-23(26-19)27-22(30)20-8-5-13-28(20)24(31)32-14-16-6-3-2-4-7-16/h2-4,6-7,9-12,15,20H,5,8,13-14H2,1H3,(H,25,29)(H,26,27,30). The van der Waals surface area contributed by atoms with E-state index in [1.165, 1.54) is 16.2 Å². The number of aromatic nitrogens is 1. The highest BCUT2D eigenvalue weighted by Gasteiger charge is 2.35. The van der Waals surface area contributed by atoms with E-state index in [2.05, 4.69) is 15.6 Å². The lowest BCUT2D eigenvalue weighted by atomic mass is 10.1. The number of nitrogens with one attached hydrogen (secondary N) is 2. The number of amides is 3. The summed E-state index contributed by atoms with van der Waals surface area (Å²) in [6.45, 7) is 0.644. The third-order valence-electron chi connectivity index (χ3n) is 5.40. The van der Waals surface area contributed by atoms with Gasteiger partial charge in [0.25, 0.3) is 5.91 Å². The van der Waals surface area contributed by atoms with E-state index in [0.717, 1.165) is 17.5 Å². The molecule has 3 amide bonds. The van der Waals surface area contributed by atoms with E-state index in [0.29, 0.717) is 29.4 Å². The summed E-state index contributed by atoms with van der Waals surface area (Å²) in [6, 6.07) is 15.9. The normalized spacial score (nSPS) is 15.2. The number of rotatable bonds is 6. The first-order chi connectivity index (χ1) is 16.0. The number of carbonyl (C=O) groups is 3. The lowest BCUT2D eigenvalue weighted by Gasteiger charge is -2.22. The van der Waals surface area contributed by atoms with Gasteiger partial charge in [-0.15, -0.1) is 11.3 Å². The zero-order valence-corrected chi connectivity index (χ0v) is 18.9. The van der Waals surface area contributed by atoms with Crippen molar-refractivity contribution in [2.75, 3.05) is 18.9 Å². The average molecular weight is 465 g/mol. The van der Waals surface area contributed by atoms with E-state index in [1.807, 2.05) is 47.8 Å². The second kappa shape index (κ2) is 10.3. The van der Waals surface area contributed by atoms with Gasteiger partial charge in [0.15, 0.2) is 5.13 Å². The summed E-state index contributed by atoms with van der Waals surface area (Å²) < 4.78 is 5.40. The first kappa shape index (κ1) is 22.5. The summed E-state index contributed by atoms with van der Waals surface area (Å²) in [5, 5.41) is 7.70. The van der Waals surface area contributed by atoms with Gasteiger partial charge in [0.1, 0.15) is 12.6 Å². The molecule has 1 aliphatic rings. The van der Waals surface area contributed by atoms with Gasteiger partial charge in [-0.2, -0.15) is 0 Å². The van der Waals surface area contributed by atoms with Crippen molar-refractivity contribution in [1.82, 2.24) is 15.2 Å². The van der Waals surface area contributed by atoms with E-state index < -0.39 is 12.1 Å². The number of likely N-dealkylation sites (tertiary alicyclic amines) is 1. The number of nitrogens with zero attached hydrogens (tertiary/aromatic N) is 2. The number of hydrogen-bond donors (Lipinski definition) is 2. The predicted molar refractivity (Wildman–Crippen MR) is 126 cm³/mol. The van der Waals surface area contributed by atoms with Crippen LogP contribution in [0.2, 0.25) is 0 Å². The molecule has 2 aromatic carbocycles. The average Bonchev–Trinajstić information content (AvgIpc) is 3.53. The van der Waals surface area contributed by atoms with Crippen molar-refractivity contribution in [2.24, 2.45) is 0 Å². The zero-order valence-electron chi connectivity index (χ0n) is 18.1. The Morgan fingerprint density at radius 2 is 1.88 bits per heavy atom. The van der Waals surface area contributed by atoms with Gasteiger partial charge >= 0.3 is 6.09 Å². The van der Waals surface area contributed by atoms with E-state index in [4.69, 9.17) is 4.74 Å². The summed E-state index contributed by atoms with van der Waals surface area (Å²) in [5.74, 6) is -0.434. The quantitative estimate of drug-likeness (QED) is 0.576. The molecular formula is C24H24N4O4S. The molecule has 0 aliphatic carbocycles. The first-order valence-electron chi connectivity index (χ1n) is 10.6. The highest BCUT2D eigenvalue weighted by molar-refractivity contribution is 7.14. The molecule has 8 nitrogen and oxygen atoms in total. The molecule has 2 N–H and O–H groups in total. The highest BCUT2D eigenvalue weighted by Crippen LogP contribution is 2.27. The second-order valence-electron chi connectivity index (χ2n) is 7.58. The molecular weight excluding hydrogens is 440 g/mol. The number of hydrogen-bond acceptors (Lipinski definition) is 6. The summed E-state index contributed by atoms with van der Waals surface area (Å²) in [5.41, 5.74) is 2.99. The van der Waals surface area contributed by atoms with Crippen molar-refractivity contribution in [3.63, 3.8) is 0 Å². The Morgan fingerprint density at radius 3 is 2.61 bits per heavy atom. The third kappa shape index (κ3) is 5.38. The van der Waals surface area contributed by atoms with Crippen LogP contribution in [0.4, 0.5) is 9.93 Å². The third-order valence-corrected chi connectivity index (χ3v) is 6.16. The van der Waals surface area contributed by atoms with Crippen LogP contribution in [-0.2, 0) is 16.1 Å². The molecule has 3 aromatic rings. The fourth-order valence-electron chi connectivity index (χ4n) is 3.65. The minimum absolute atomic E-state index is 0.156. The van der Waals surface area contributed by atoms with Crippen LogP contribution in [0.25, 0.3) is 11.3 Å². The van der Waals surface area contributed by atoms with Crippen LogP contribution in [-0.4, -0.2) is 47.4 Å². The maximum absolute atomic E-state index is 12.9. The molecule has 0 spiro atoms. The van der Waals surface area contributed by atoms with Crippen LogP contribution in [0, 0.1) is 0 Å².